The van der Waals surface area contributed by atoms with Crippen LogP contribution in [0.25, 0.3) is 0 Å². The maximum absolute atomic E-state index is 13.1. The third-order valence-electron chi connectivity index (χ3n) is 4.45. The van der Waals surface area contributed by atoms with E-state index in [4.69, 9.17) is 0 Å². The molecule has 1 aromatic carbocycles. The summed E-state index contributed by atoms with van der Waals surface area (Å²) < 4.78 is 0. The molecule has 0 bridgehead atoms. The zero-order valence-electron chi connectivity index (χ0n) is 17.1. The van der Waals surface area contributed by atoms with Gasteiger partial charge in [0.15, 0.2) is 5.13 Å². The quantitative estimate of drug-likeness (QED) is 0.578. The van der Waals surface area contributed by atoms with Crippen LogP contribution in [0.1, 0.15) is 35.5 Å². The Hall–Kier alpha value is -2.51. The number of carbonyl (C=O) groups is 2. The highest BCUT2D eigenvalue weighted by atomic mass is 32.1. The Balaban J connectivity index is 1.68. The van der Waals surface area contributed by atoms with Crippen LogP contribution in [0.4, 0.5) is 10.8 Å². The van der Waals surface area contributed by atoms with Crippen LogP contribution in [-0.2, 0) is 22.4 Å². The normalized spacial score (nSPS) is 10.9. The molecule has 2 amide bonds. The Morgan fingerprint density at radius 3 is 2.62 bits per heavy atom. The third-order valence-corrected chi connectivity index (χ3v) is 6.14. The molecule has 3 aromatic rings. The molecule has 0 radical (unpaired) electrons. The van der Waals surface area contributed by atoms with Gasteiger partial charge in [-0.15, -0.1) is 22.7 Å². The molecule has 1 N–H and O–H groups in total. The lowest BCUT2D eigenvalue weighted by Gasteiger charge is -2.28. The third kappa shape index (κ3) is 5.52. The highest BCUT2D eigenvalue weighted by molar-refractivity contribution is 7.14. The number of carbonyl (C=O) groups excluding carboxylic acids is 2. The van der Waals surface area contributed by atoms with Crippen molar-refractivity contribution >= 4 is 45.3 Å². The van der Waals surface area contributed by atoms with Crippen molar-refractivity contribution in [2.45, 2.75) is 46.6 Å². The molecule has 0 fully saturated rings. The minimum atomic E-state index is -0.0983. The highest BCUT2D eigenvalue weighted by Crippen LogP contribution is 2.25. The Bertz CT molecular complexity index is 993. The van der Waals surface area contributed by atoms with Crippen molar-refractivity contribution < 1.29 is 9.59 Å². The number of benzene rings is 1. The molecule has 0 unspecified atom stereocenters. The van der Waals surface area contributed by atoms with Crippen LogP contribution in [0, 0.1) is 13.8 Å². The lowest BCUT2D eigenvalue weighted by molar-refractivity contribution is -0.118. The SMILES string of the molecule is Cc1ccc(C)c(N(C(=O)Cc2csc(NC(=O)Cc3cccs3)n2)C(C)C)c1. The van der Waals surface area contributed by atoms with Gasteiger partial charge >= 0.3 is 0 Å². The number of thiophene rings is 1. The van der Waals surface area contributed by atoms with Crippen LogP contribution >= 0.6 is 22.7 Å². The van der Waals surface area contributed by atoms with Crippen LogP contribution in [0.2, 0.25) is 0 Å². The van der Waals surface area contributed by atoms with E-state index in [1.54, 1.807) is 11.3 Å². The lowest BCUT2D eigenvalue weighted by atomic mass is 10.1. The minimum absolute atomic E-state index is 0.00420. The standard InChI is InChI=1S/C22H25N3O2S2/c1-14(2)25(19-10-15(3)7-8-16(19)4)21(27)11-17-13-29-22(23-17)24-20(26)12-18-6-5-9-28-18/h5-10,13-14H,11-12H2,1-4H3,(H,23,24,26). The summed E-state index contributed by atoms with van der Waals surface area (Å²) in [5.41, 5.74) is 3.79. The van der Waals surface area contributed by atoms with Gasteiger partial charge in [-0.25, -0.2) is 4.98 Å². The minimum Gasteiger partial charge on any atom is -0.309 e. The summed E-state index contributed by atoms with van der Waals surface area (Å²) in [5, 5.41) is 7.13. The number of nitrogens with zero attached hydrogens (tertiary/aromatic N) is 2. The van der Waals surface area contributed by atoms with Crippen LogP contribution < -0.4 is 10.2 Å². The fourth-order valence-corrected chi connectivity index (χ4v) is 4.53. The number of rotatable bonds is 7. The molecule has 29 heavy (non-hydrogen) atoms. The molecule has 0 spiro atoms. The molecular formula is C22H25N3O2S2. The van der Waals surface area contributed by atoms with Gasteiger partial charge in [0, 0.05) is 22.0 Å². The van der Waals surface area contributed by atoms with E-state index in [0.29, 0.717) is 17.2 Å². The van der Waals surface area contributed by atoms with E-state index in [1.165, 1.54) is 11.3 Å². The van der Waals surface area contributed by atoms with Gasteiger partial charge in [0.2, 0.25) is 11.8 Å². The second-order valence-electron chi connectivity index (χ2n) is 7.27. The van der Waals surface area contributed by atoms with E-state index in [0.717, 1.165) is 21.7 Å². The van der Waals surface area contributed by atoms with E-state index < -0.39 is 0 Å². The molecule has 7 heteroatoms. The predicted molar refractivity (Wildman–Crippen MR) is 121 cm³/mol. The number of hydrogen-bond donors (Lipinski definition) is 1. The number of aromatic nitrogens is 1. The number of anilines is 2. The van der Waals surface area contributed by atoms with Crippen molar-refractivity contribution in [2.24, 2.45) is 0 Å². The first-order valence-electron chi connectivity index (χ1n) is 9.49. The summed E-state index contributed by atoms with van der Waals surface area (Å²) in [7, 11) is 0. The molecule has 0 atom stereocenters. The van der Waals surface area contributed by atoms with Crippen LogP contribution in [-0.4, -0.2) is 22.8 Å². The van der Waals surface area contributed by atoms with Crippen molar-refractivity contribution in [3.05, 3.63) is 62.8 Å². The number of amides is 2. The van der Waals surface area contributed by atoms with Gasteiger partial charge in [-0.2, -0.15) is 0 Å². The van der Waals surface area contributed by atoms with Gasteiger partial charge in [0.1, 0.15) is 0 Å². The van der Waals surface area contributed by atoms with Crippen molar-refractivity contribution in [3.63, 3.8) is 0 Å². The van der Waals surface area contributed by atoms with Crippen molar-refractivity contribution in [1.29, 1.82) is 0 Å². The Kier molecular flexibility index (Phi) is 6.82. The molecule has 2 aromatic heterocycles. The molecule has 152 valence electrons. The lowest BCUT2D eigenvalue weighted by Crippen LogP contribution is -2.38. The van der Waals surface area contributed by atoms with Crippen LogP contribution in [0.5, 0.6) is 0 Å². The van der Waals surface area contributed by atoms with Crippen molar-refractivity contribution in [2.75, 3.05) is 10.2 Å². The van der Waals surface area contributed by atoms with Gasteiger partial charge in [0.25, 0.3) is 0 Å². The fraction of sp³-hybridized carbons (Fsp3) is 0.318. The van der Waals surface area contributed by atoms with Gasteiger partial charge in [-0.05, 0) is 56.3 Å². The number of nitrogens with one attached hydrogen (secondary N) is 1. The number of aryl methyl sites for hydroxylation is 2. The second-order valence-corrected chi connectivity index (χ2v) is 9.16. The van der Waals surface area contributed by atoms with Crippen molar-refractivity contribution in [3.8, 4) is 0 Å². The number of hydrogen-bond acceptors (Lipinski definition) is 5. The molecule has 0 aliphatic carbocycles. The molecule has 0 saturated heterocycles. The second kappa shape index (κ2) is 9.33. The first-order chi connectivity index (χ1) is 13.8. The predicted octanol–water partition coefficient (Wildman–Crippen LogP) is 4.99. The Morgan fingerprint density at radius 2 is 1.93 bits per heavy atom. The molecule has 0 aliphatic heterocycles. The monoisotopic (exact) mass is 427 g/mol. The first kappa shape index (κ1) is 21.2. The van der Waals surface area contributed by atoms with E-state index in [1.807, 2.05) is 73.7 Å². The largest absolute Gasteiger partial charge is 0.309 e. The molecule has 0 saturated carbocycles. The first-order valence-corrected chi connectivity index (χ1v) is 11.3. The molecule has 5 nitrogen and oxygen atoms in total. The van der Waals surface area contributed by atoms with Crippen molar-refractivity contribution in [1.82, 2.24) is 4.98 Å². The average molecular weight is 428 g/mol. The molecule has 3 rings (SSSR count). The van der Waals surface area contributed by atoms with Gasteiger partial charge in [-0.1, -0.05) is 18.2 Å². The maximum Gasteiger partial charge on any atom is 0.233 e. The van der Waals surface area contributed by atoms with Gasteiger partial charge in [0.05, 0.1) is 18.5 Å². The summed E-state index contributed by atoms with van der Waals surface area (Å²) in [5.74, 6) is -0.102. The van der Waals surface area contributed by atoms with E-state index in [9.17, 15) is 9.59 Å². The Morgan fingerprint density at radius 1 is 1.14 bits per heavy atom. The molecule has 0 aliphatic rings. The summed E-state index contributed by atoms with van der Waals surface area (Å²) in [6, 6.07) is 10.0. The Labute approximate surface area is 179 Å². The van der Waals surface area contributed by atoms with Gasteiger partial charge < -0.3 is 10.2 Å². The topological polar surface area (TPSA) is 62.3 Å². The zero-order chi connectivity index (χ0) is 21.0. The summed E-state index contributed by atoms with van der Waals surface area (Å²) in [6.45, 7) is 8.06. The maximum atomic E-state index is 13.1. The molecular weight excluding hydrogens is 402 g/mol. The number of thiazole rings is 1. The van der Waals surface area contributed by atoms with E-state index in [2.05, 4.69) is 10.3 Å². The summed E-state index contributed by atoms with van der Waals surface area (Å²) in [4.78, 5) is 32.5. The van der Waals surface area contributed by atoms with E-state index in [-0.39, 0.29) is 24.3 Å². The average Bonchev–Trinajstić information content (AvgIpc) is 3.30. The smallest absolute Gasteiger partial charge is 0.233 e. The fourth-order valence-electron chi connectivity index (χ4n) is 3.10. The summed E-state index contributed by atoms with van der Waals surface area (Å²) in [6.07, 6.45) is 0.530. The zero-order valence-corrected chi connectivity index (χ0v) is 18.7. The molecule has 2 heterocycles. The van der Waals surface area contributed by atoms with Crippen LogP contribution in [0.15, 0.2) is 41.1 Å². The summed E-state index contributed by atoms with van der Waals surface area (Å²) >= 11 is 2.90. The van der Waals surface area contributed by atoms with E-state index >= 15 is 0 Å². The highest BCUT2D eigenvalue weighted by Gasteiger charge is 2.22. The van der Waals surface area contributed by atoms with Gasteiger partial charge in [-0.3, -0.25) is 9.59 Å². The van der Waals surface area contributed by atoms with Crippen LogP contribution in [0.3, 0.4) is 0 Å².